The van der Waals surface area contributed by atoms with Crippen LogP contribution in [-0.2, 0) is 9.53 Å². The molecule has 1 aromatic carbocycles. The zero-order valence-corrected chi connectivity index (χ0v) is 17.0. The van der Waals surface area contributed by atoms with Crippen LogP contribution in [0.1, 0.15) is 27.2 Å². The van der Waals surface area contributed by atoms with Crippen LogP contribution < -0.4 is 9.47 Å². The summed E-state index contributed by atoms with van der Waals surface area (Å²) in [6, 6.07) is 4.74. The number of ether oxygens (including phenoxy) is 3. The fourth-order valence-corrected chi connectivity index (χ4v) is 3.32. The maximum Gasteiger partial charge on any atom is 0.411 e. The van der Waals surface area contributed by atoms with Gasteiger partial charge >= 0.3 is 6.09 Å². The third-order valence-corrected chi connectivity index (χ3v) is 4.60. The predicted molar refractivity (Wildman–Crippen MR) is 105 cm³/mol. The van der Waals surface area contributed by atoms with Crippen LogP contribution in [0, 0.1) is 0 Å². The highest BCUT2D eigenvalue weighted by molar-refractivity contribution is 6.31. The van der Waals surface area contributed by atoms with Crippen LogP contribution in [0.4, 0.5) is 4.79 Å². The van der Waals surface area contributed by atoms with Crippen molar-refractivity contribution >= 4 is 34.8 Å². The largest absolute Gasteiger partial charge is 0.494 e. The maximum atomic E-state index is 12.4. The molecule has 28 heavy (non-hydrogen) atoms. The SMILES string of the molecule is COc1cnc(O[C@@H]2C[C@@H](C=O)N(C(=O)OC(C)(C)C)C2)c2cc(Cl)ccc12. The highest BCUT2D eigenvalue weighted by atomic mass is 35.5. The summed E-state index contributed by atoms with van der Waals surface area (Å²) in [5.41, 5.74) is -0.645. The van der Waals surface area contributed by atoms with E-state index in [4.69, 9.17) is 25.8 Å². The van der Waals surface area contributed by atoms with Crippen molar-refractivity contribution < 1.29 is 23.8 Å². The van der Waals surface area contributed by atoms with Crippen molar-refractivity contribution in [1.29, 1.82) is 0 Å². The van der Waals surface area contributed by atoms with E-state index in [1.165, 1.54) is 4.90 Å². The Kier molecular flexibility index (Phi) is 5.65. The van der Waals surface area contributed by atoms with E-state index in [0.717, 1.165) is 11.7 Å². The van der Waals surface area contributed by atoms with Gasteiger partial charge < -0.3 is 19.0 Å². The standard InChI is InChI=1S/C20H23ClN2O5/c1-20(2,3)28-19(25)23-10-14(8-13(23)11-24)27-18-16-7-12(21)5-6-15(16)17(26-4)9-22-18/h5-7,9,11,13-14H,8,10H2,1-4H3/t13-,14+/m0/s1. The van der Waals surface area contributed by atoms with Gasteiger partial charge in [0.15, 0.2) is 0 Å². The zero-order valence-electron chi connectivity index (χ0n) is 16.3. The van der Waals surface area contributed by atoms with Gasteiger partial charge in [-0.15, -0.1) is 0 Å². The highest BCUT2D eigenvalue weighted by Gasteiger charge is 2.39. The Labute approximate surface area is 168 Å². The molecule has 2 atom stereocenters. The number of aromatic nitrogens is 1. The van der Waals surface area contributed by atoms with E-state index < -0.39 is 23.8 Å². The number of likely N-dealkylation sites (tertiary alicyclic amines) is 1. The average molecular weight is 407 g/mol. The molecule has 1 aliphatic heterocycles. The van der Waals surface area contributed by atoms with Crippen molar-refractivity contribution in [2.24, 2.45) is 0 Å². The van der Waals surface area contributed by atoms with Crippen LogP contribution in [0.3, 0.4) is 0 Å². The van der Waals surface area contributed by atoms with E-state index in [9.17, 15) is 9.59 Å². The number of hydrogen-bond donors (Lipinski definition) is 0. The summed E-state index contributed by atoms with van der Waals surface area (Å²) >= 11 is 6.13. The van der Waals surface area contributed by atoms with E-state index >= 15 is 0 Å². The molecule has 2 aromatic rings. The second-order valence-electron chi connectivity index (χ2n) is 7.63. The van der Waals surface area contributed by atoms with Gasteiger partial charge in [-0.2, -0.15) is 0 Å². The fraction of sp³-hybridized carbons (Fsp3) is 0.450. The second-order valence-corrected chi connectivity index (χ2v) is 8.07. The molecule has 0 unspecified atom stereocenters. The molecule has 2 heterocycles. The Bertz CT molecular complexity index is 896. The van der Waals surface area contributed by atoms with Crippen LogP contribution in [0.15, 0.2) is 24.4 Å². The van der Waals surface area contributed by atoms with Crippen LogP contribution >= 0.6 is 11.6 Å². The highest BCUT2D eigenvalue weighted by Crippen LogP contribution is 2.34. The molecular formula is C20H23ClN2O5. The van der Waals surface area contributed by atoms with Crippen molar-refractivity contribution in [3.05, 3.63) is 29.4 Å². The number of carbonyl (C=O) groups is 2. The van der Waals surface area contributed by atoms with E-state index in [2.05, 4.69) is 4.98 Å². The topological polar surface area (TPSA) is 78.0 Å². The number of nitrogens with zero attached hydrogens (tertiary/aromatic N) is 2. The molecule has 1 saturated heterocycles. The van der Waals surface area contributed by atoms with Crippen LogP contribution in [-0.4, -0.2) is 53.7 Å². The Balaban J connectivity index is 1.84. The van der Waals surface area contributed by atoms with Crippen molar-refractivity contribution in [1.82, 2.24) is 9.88 Å². The number of aldehydes is 1. The van der Waals surface area contributed by atoms with Gasteiger partial charge in [0.2, 0.25) is 5.88 Å². The van der Waals surface area contributed by atoms with Gasteiger partial charge in [-0.3, -0.25) is 4.90 Å². The third kappa shape index (κ3) is 4.30. The van der Waals surface area contributed by atoms with Gasteiger partial charge in [0, 0.05) is 22.2 Å². The number of benzene rings is 1. The summed E-state index contributed by atoms with van der Waals surface area (Å²) in [6.45, 7) is 5.57. The zero-order chi connectivity index (χ0) is 20.5. The Hall–Kier alpha value is -2.54. The number of pyridine rings is 1. The molecule has 0 spiro atoms. The van der Waals surface area contributed by atoms with Gasteiger partial charge in [0.25, 0.3) is 0 Å². The number of fused-ring (bicyclic) bond motifs is 1. The number of rotatable bonds is 4. The van der Waals surface area contributed by atoms with Crippen molar-refractivity contribution in [2.45, 2.75) is 44.9 Å². The summed E-state index contributed by atoms with van der Waals surface area (Å²) in [6.07, 6.45) is 1.74. The van der Waals surface area contributed by atoms with E-state index in [1.807, 2.05) is 6.07 Å². The fourth-order valence-electron chi connectivity index (χ4n) is 3.15. The molecule has 0 N–H and O–H groups in total. The molecule has 0 aliphatic carbocycles. The molecule has 8 heteroatoms. The molecule has 0 saturated carbocycles. The van der Waals surface area contributed by atoms with Crippen molar-refractivity contribution in [3.8, 4) is 11.6 Å². The Morgan fingerprint density at radius 2 is 2.07 bits per heavy atom. The maximum absolute atomic E-state index is 12.4. The lowest BCUT2D eigenvalue weighted by Crippen LogP contribution is -2.41. The van der Waals surface area contributed by atoms with Crippen molar-refractivity contribution in [3.63, 3.8) is 0 Å². The van der Waals surface area contributed by atoms with E-state index in [-0.39, 0.29) is 6.54 Å². The van der Waals surface area contributed by atoms with Crippen molar-refractivity contribution in [2.75, 3.05) is 13.7 Å². The van der Waals surface area contributed by atoms with Gasteiger partial charge in [-0.05, 0) is 39.0 Å². The monoisotopic (exact) mass is 406 g/mol. The third-order valence-electron chi connectivity index (χ3n) is 4.36. The summed E-state index contributed by atoms with van der Waals surface area (Å²) in [7, 11) is 1.57. The van der Waals surface area contributed by atoms with Crippen LogP contribution in [0.5, 0.6) is 11.6 Å². The lowest BCUT2D eigenvalue weighted by Gasteiger charge is -2.26. The van der Waals surface area contributed by atoms with Crippen LogP contribution in [0.25, 0.3) is 10.8 Å². The molecule has 0 radical (unpaired) electrons. The summed E-state index contributed by atoms with van der Waals surface area (Å²) in [5, 5.41) is 2.05. The number of methoxy groups -OCH3 is 1. The number of hydrogen-bond acceptors (Lipinski definition) is 6. The molecule has 3 rings (SSSR count). The smallest absolute Gasteiger partial charge is 0.411 e. The molecule has 1 aromatic heterocycles. The lowest BCUT2D eigenvalue weighted by molar-refractivity contribution is -0.111. The Morgan fingerprint density at radius 3 is 2.71 bits per heavy atom. The van der Waals surface area contributed by atoms with Gasteiger partial charge in [0.05, 0.1) is 25.9 Å². The van der Waals surface area contributed by atoms with E-state index in [0.29, 0.717) is 28.5 Å². The molecule has 1 aliphatic rings. The van der Waals surface area contributed by atoms with Gasteiger partial charge in [-0.25, -0.2) is 9.78 Å². The number of amides is 1. The molecule has 7 nitrogen and oxygen atoms in total. The summed E-state index contributed by atoms with van der Waals surface area (Å²) < 4.78 is 16.8. The molecule has 1 amide bonds. The van der Waals surface area contributed by atoms with Gasteiger partial charge in [-0.1, -0.05) is 11.6 Å². The number of carbonyl (C=O) groups excluding carboxylic acids is 2. The minimum atomic E-state index is -0.645. The first-order chi connectivity index (χ1) is 13.2. The normalized spacial score (nSPS) is 19.5. The predicted octanol–water partition coefficient (Wildman–Crippen LogP) is 3.85. The average Bonchev–Trinajstić information content (AvgIpc) is 3.04. The quantitative estimate of drug-likeness (QED) is 0.717. The minimum absolute atomic E-state index is 0.230. The summed E-state index contributed by atoms with van der Waals surface area (Å²) in [5.74, 6) is 0.977. The first kappa shape index (κ1) is 20.2. The first-order valence-corrected chi connectivity index (χ1v) is 9.33. The summed E-state index contributed by atoms with van der Waals surface area (Å²) in [4.78, 5) is 29.6. The molecular weight excluding hydrogens is 384 g/mol. The Morgan fingerprint density at radius 1 is 1.32 bits per heavy atom. The molecule has 0 bridgehead atoms. The van der Waals surface area contributed by atoms with E-state index in [1.54, 1.807) is 46.2 Å². The number of halogens is 1. The van der Waals surface area contributed by atoms with Gasteiger partial charge in [0.1, 0.15) is 23.7 Å². The second kappa shape index (κ2) is 7.83. The van der Waals surface area contributed by atoms with Crippen LogP contribution in [0.2, 0.25) is 5.02 Å². The molecule has 150 valence electrons. The molecule has 1 fully saturated rings. The minimum Gasteiger partial charge on any atom is -0.494 e. The first-order valence-electron chi connectivity index (χ1n) is 8.95. The lowest BCUT2D eigenvalue weighted by atomic mass is 10.1.